The highest BCUT2D eigenvalue weighted by molar-refractivity contribution is 5.55. The summed E-state index contributed by atoms with van der Waals surface area (Å²) in [6, 6.07) is 0. The SMILES string of the molecule is C1=NCN=N1. The van der Waals surface area contributed by atoms with Gasteiger partial charge in [-0.25, -0.2) is 4.99 Å². The van der Waals surface area contributed by atoms with Gasteiger partial charge < -0.3 is 0 Å². The highest BCUT2D eigenvalue weighted by atomic mass is 15.2. The normalized spacial score (nSPS) is 17.6. The molecule has 0 atom stereocenters. The summed E-state index contributed by atoms with van der Waals surface area (Å²) in [6.45, 7) is 0.528. The van der Waals surface area contributed by atoms with Crippen LogP contribution in [0.3, 0.4) is 0 Å². The van der Waals surface area contributed by atoms with Crippen molar-refractivity contribution >= 4 is 6.34 Å². The van der Waals surface area contributed by atoms with Gasteiger partial charge in [0.2, 0.25) is 0 Å². The van der Waals surface area contributed by atoms with Crippen LogP contribution in [0, 0.1) is 0 Å². The molecule has 1 aliphatic heterocycles. The Bertz CT molecular complexity index is 63.0. The van der Waals surface area contributed by atoms with Gasteiger partial charge in [0.05, 0.1) is 0 Å². The lowest BCUT2D eigenvalue weighted by atomic mass is 11.2. The van der Waals surface area contributed by atoms with Crippen LogP contribution in [-0.2, 0) is 0 Å². The van der Waals surface area contributed by atoms with Crippen molar-refractivity contribution in [2.75, 3.05) is 6.67 Å². The molecular weight excluding hydrogens is 66.0 g/mol. The molecule has 1 aliphatic rings. The van der Waals surface area contributed by atoms with Gasteiger partial charge in [-0.2, -0.15) is 5.11 Å². The minimum absolute atomic E-state index is 0.528. The Balaban J connectivity index is 2.61. The zero-order valence-corrected chi connectivity index (χ0v) is 2.63. The van der Waals surface area contributed by atoms with Crippen molar-refractivity contribution in [1.82, 2.24) is 0 Å². The number of hydrogen-bond acceptors (Lipinski definition) is 3. The van der Waals surface area contributed by atoms with E-state index in [1.807, 2.05) is 0 Å². The van der Waals surface area contributed by atoms with Crippen LogP contribution >= 0.6 is 0 Å². The molecule has 0 spiro atoms. The molecule has 0 fully saturated rings. The molecule has 0 saturated heterocycles. The van der Waals surface area contributed by atoms with Gasteiger partial charge in [0.1, 0.15) is 6.34 Å². The van der Waals surface area contributed by atoms with Crippen LogP contribution in [0.15, 0.2) is 15.2 Å². The average Bonchev–Trinajstić information content (AvgIpc) is 1.76. The summed E-state index contributed by atoms with van der Waals surface area (Å²) in [7, 11) is 0. The second-order valence-corrected chi connectivity index (χ2v) is 0.696. The lowest BCUT2D eigenvalue weighted by Crippen LogP contribution is -1.54. The Morgan fingerprint density at radius 3 is 2.80 bits per heavy atom. The van der Waals surface area contributed by atoms with Crippen LogP contribution in [0.1, 0.15) is 0 Å². The summed E-state index contributed by atoms with van der Waals surface area (Å²) in [4.78, 5) is 3.62. The molecule has 5 heavy (non-hydrogen) atoms. The summed E-state index contributed by atoms with van der Waals surface area (Å²) in [5.74, 6) is 0. The predicted molar refractivity (Wildman–Crippen MR) is 18.2 cm³/mol. The lowest BCUT2D eigenvalue weighted by molar-refractivity contribution is 1.05. The van der Waals surface area contributed by atoms with Crippen LogP contribution < -0.4 is 0 Å². The first-order chi connectivity index (χ1) is 2.50. The van der Waals surface area contributed by atoms with Gasteiger partial charge in [0.25, 0.3) is 0 Å². The third-order valence-corrected chi connectivity index (χ3v) is 0.360. The molecule has 1 heterocycles. The minimum atomic E-state index is 0.528. The van der Waals surface area contributed by atoms with Crippen molar-refractivity contribution in [3.8, 4) is 0 Å². The van der Waals surface area contributed by atoms with Crippen molar-refractivity contribution in [2.45, 2.75) is 0 Å². The van der Waals surface area contributed by atoms with Crippen molar-refractivity contribution in [1.29, 1.82) is 0 Å². The fourth-order valence-electron chi connectivity index (χ4n) is 0.183. The molecule has 0 unspecified atom stereocenters. The van der Waals surface area contributed by atoms with Gasteiger partial charge in [0.15, 0.2) is 6.67 Å². The monoisotopic (exact) mass is 69.0 g/mol. The maximum atomic E-state index is 3.62. The van der Waals surface area contributed by atoms with Crippen molar-refractivity contribution in [3.05, 3.63) is 0 Å². The minimum Gasteiger partial charge on any atom is -0.246 e. The van der Waals surface area contributed by atoms with E-state index in [2.05, 4.69) is 15.2 Å². The zero-order valence-electron chi connectivity index (χ0n) is 2.63. The zero-order chi connectivity index (χ0) is 3.54. The van der Waals surface area contributed by atoms with Crippen LogP contribution in [0.25, 0.3) is 0 Å². The topological polar surface area (TPSA) is 37.1 Å². The molecule has 0 N–H and O–H groups in total. The second-order valence-electron chi connectivity index (χ2n) is 0.696. The summed E-state index contributed by atoms with van der Waals surface area (Å²) in [6.07, 6.45) is 1.44. The first-order valence-corrected chi connectivity index (χ1v) is 1.35. The van der Waals surface area contributed by atoms with E-state index in [1.54, 1.807) is 0 Å². The number of aliphatic imine (C=N–C) groups is 1. The Kier molecular flexibility index (Phi) is 0.463. The Labute approximate surface area is 29.4 Å². The van der Waals surface area contributed by atoms with Crippen molar-refractivity contribution < 1.29 is 0 Å². The van der Waals surface area contributed by atoms with Gasteiger partial charge in [-0.1, -0.05) is 0 Å². The summed E-state index contributed by atoms with van der Waals surface area (Å²) in [5, 5.41) is 6.90. The molecular formula is C2H3N3. The van der Waals surface area contributed by atoms with Gasteiger partial charge in [-0.15, -0.1) is 5.11 Å². The number of nitrogens with zero attached hydrogens (tertiary/aromatic N) is 3. The second kappa shape index (κ2) is 0.924. The fourth-order valence-corrected chi connectivity index (χ4v) is 0.183. The van der Waals surface area contributed by atoms with E-state index in [0.717, 1.165) is 0 Å². The summed E-state index contributed by atoms with van der Waals surface area (Å²) < 4.78 is 0. The first kappa shape index (κ1) is 2.50. The Hall–Kier alpha value is -0.730. The fraction of sp³-hybridized carbons (Fsp3) is 0.500. The quantitative estimate of drug-likeness (QED) is 0.395. The Morgan fingerprint density at radius 2 is 2.60 bits per heavy atom. The van der Waals surface area contributed by atoms with Crippen LogP contribution in [0.4, 0.5) is 0 Å². The third-order valence-electron chi connectivity index (χ3n) is 0.360. The molecule has 0 radical (unpaired) electrons. The molecule has 0 aromatic rings. The third kappa shape index (κ3) is 0.289. The summed E-state index contributed by atoms with van der Waals surface area (Å²) in [5.41, 5.74) is 0. The number of hydrogen-bond donors (Lipinski definition) is 0. The average molecular weight is 69.1 g/mol. The standard InChI is InChI=1S/C2H3N3/c1-3-2-5-4-1/h1H,2H2. The molecule has 0 amide bonds. The van der Waals surface area contributed by atoms with Gasteiger partial charge in [-0.3, -0.25) is 0 Å². The molecule has 26 valence electrons. The van der Waals surface area contributed by atoms with E-state index < -0.39 is 0 Å². The van der Waals surface area contributed by atoms with E-state index in [4.69, 9.17) is 0 Å². The predicted octanol–water partition coefficient (Wildman–Crippen LogP) is 0.438. The maximum Gasteiger partial charge on any atom is 0.152 e. The molecule has 0 aromatic heterocycles. The number of rotatable bonds is 0. The molecule has 3 nitrogen and oxygen atoms in total. The van der Waals surface area contributed by atoms with Crippen LogP contribution in [-0.4, -0.2) is 13.0 Å². The van der Waals surface area contributed by atoms with E-state index >= 15 is 0 Å². The van der Waals surface area contributed by atoms with Crippen molar-refractivity contribution in [3.63, 3.8) is 0 Å². The highest BCUT2D eigenvalue weighted by Gasteiger charge is 1.74. The summed E-state index contributed by atoms with van der Waals surface area (Å²) >= 11 is 0. The van der Waals surface area contributed by atoms with Crippen molar-refractivity contribution in [2.24, 2.45) is 15.2 Å². The van der Waals surface area contributed by atoms with Crippen LogP contribution in [0.5, 0.6) is 0 Å². The van der Waals surface area contributed by atoms with E-state index in [0.29, 0.717) is 6.67 Å². The first-order valence-electron chi connectivity index (χ1n) is 1.35. The largest absolute Gasteiger partial charge is 0.246 e. The Morgan fingerprint density at radius 1 is 1.60 bits per heavy atom. The highest BCUT2D eigenvalue weighted by Crippen LogP contribution is 1.80. The molecule has 1 rings (SSSR count). The van der Waals surface area contributed by atoms with Gasteiger partial charge >= 0.3 is 0 Å². The molecule has 0 aromatic carbocycles. The van der Waals surface area contributed by atoms with E-state index in [-0.39, 0.29) is 0 Å². The lowest BCUT2D eigenvalue weighted by Gasteiger charge is -1.57. The molecule has 3 heteroatoms. The van der Waals surface area contributed by atoms with Gasteiger partial charge in [0, 0.05) is 0 Å². The van der Waals surface area contributed by atoms with Gasteiger partial charge in [-0.05, 0) is 0 Å². The number of azo groups is 1. The molecule has 0 saturated carbocycles. The molecule has 0 bridgehead atoms. The van der Waals surface area contributed by atoms with E-state index in [9.17, 15) is 0 Å². The van der Waals surface area contributed by atoms with E-state index in [1.165, 1.54) is 6.34 Å². The molecule has 0 aliphatic carbocycles. The smallest absolute Gasteiger partial charge is 0.152 e. The van der Waals surface area contributed by atoms with Crippen LogP contribution in [0.2, 0.25) is 0 Å². The maximum absolute atomic E-state index is 3.62.